The minimum absolute atomic E-state index is 0.560. The Bertz CT molecular complexity index is 295. The highest BCUT2D eigenvalue weighted by molar-refractivity contribution is 6.43. The van der Waals surface area contributed by atoms with E-state index in [1.807, 2.05) is 0 Å². The first kappa shape index (κ1) is 12.4. The van der Waals surface area contributed by atoms with Crippen LogP contribution in [-0.2, 0) is 14.9 Å². The lowest BCUT2D eigenvalue weighted by molar-refractivity contribution is 0.277. The molecule has 0 fully saturated rings. The fraction of sp³-hybridized carbons (Fsp3) is 0.500. The molecular formula is C12H20O2Si. The summed E-state index contributed by atoms with van der Waals surface area (Å²) >= 11 is 0. The first-order valence-electron chi connectivity index (χ1n) is 5.32. The summed E-state index contributed by atoms with van der Waals surface area (Å²) in [6.45, 7) is 4.43. The van der Waals surface area contributed by atoms with Crippen molar-refractivity contribution in [3.05, 3.63) is 35.4 Å². The Morgan fingerprint density at radius 1 is 1.13 bits per heavy atom. The maximum absolute atomic E-state index is 5.35. The molecule has 0 aliphatic heterocycles. The van der Waals surface area contributed by atoms with Crippen molar-refractivity contribution in [3.63, 3.8) is 0 Å². The van der Waals surface area contributed by atoms with Gasteiger partial charge in [0.05, 0.1) is 0 Å². The van der Waals surface area contributed by atoms with Crippen molar-refractivity contribution >= 4 is 9.28 Å². The molecule has 0 aliphatic carbocycles. The Hall–Kier alpha value is -0.643. The Labute approximate surface area is 94.1 Å². The highest BCUT2D eigenvalue weighted by Gasteiger charge is 2.14. The van der Waals surface area contributed by atoms with Gasteiger partial charge in [-0.3, -0.25) is 0 Å². The number of benzene rings is 1. The van der Waals surface area contributed by atoms with E-state index in [1.165, 1.54) is 11.1 Å². The van der Waals surface area contributed by atoms with Gasteiger partial charge < -0.3 is 8.85 Å². The van der Waals surface area contributed by atoms with Gasteiger partial charge in [0, 0.05) is 20.3 Å². The molecule has 0 saturated heterocycles. The van der Waals surface area contributed by atoms with Gasteiger partial charge in [-0.1, -0.05) is 38.1 Å². The average molecular weight is 224 g/mol. The van der Waals surface area contributed by atoms with Gasteiger partial charge in [0.2, 0.25) is 0 Å². The highest BCUT2D eigenvalue weighted by Crippen LogP contribution is 2.20. The van der Waals surface area contributed by atoms with E-state index in [1.54, 1.807) is 14.2 Å². The lowest BCUT2D eigenvalue weighted by atomic mass is 9.98. The van der Waals surface area contributed by atoms with Gasteiger partial charge in [0.15, 0.2) is 0 Å². The lowest BCUT2D eigenvalue weighted by Gasteiger charge is -2.16. The topological polar surface area (TPSA) is 18.5 Å². The van der Waals surface area contributed by atoms with Crippen molar-refractivity contribution in [1.29, 1.82) is 0 Å². The number of hydrogen-bond donors (Lipinski definition) is 0. The predicted molar refractivity (Wildman–Crippen MR) is 65.4 cm³/mol. The zero-order chi connectivity index (χ0) is 11.3. The molecule has 1 aromatic rings. The molecule has 84 valence electrons. The van der Waals surface area contributed by atoms with Crippen LogP contribution < -0.4 is 0 Å². The summed E-state index contributed by atoms with van der Waals surface area (Å²) in [5.41, 5.74) is 2.77. The third kappa shape index (κ3) is 3.45. The zero-order valence-corrected chi connectivity index (χ0v) is 11.1. The molecule has 0 spiro atoms. The Kier molecular flexibility index (Phi) is 5.01. The molecule has 0 saturated carbocycles. The summed E-state index contributed by atoms with van der Waals surface area (Å²) in [6, 6.07) is 9.48. The minimum Gasteiger partial charge on any atom is -0.400 e. The molecule has 0 aliphatic rings. The van der Waals surface area contributed by atoms with Crippen molar-refractivity contribution in [3.8, 4) is 0 Å². The van der Waals surface area contributed by atoms with E-state index >= 15 is 0 Å². The van der Waals surface area contributed by atoms with Crippen LogP contribution in [-0.4, -0.2) is 23.5 Å². The fourth-order valence-corrected chi connectivity index (χ4v) is 2.98. The summed E-state index contributed by atoms with van der Waals surface area (Å²) in [5.74, 6) is 0.560. The molecule has 2 nitrogen and oxygen atoms in total. The summed E-state index contributed by atoms with van der Waals surface area (Å²) in [7, 11) is 1.98. The second-order valence-electron chi connectivity index (χ2n) is 3.96. The van der Waals surface area contributed by atoms with E-state index in [-0.39, 0.29) is 0 Å². The van der Waals surface area contributed by atoms with Gasteiger partial charge in [-0.2, -0.15) is 0 Å². The quantitative estimate of drug-likeness (QED) is 0.715. The van der Waals surface area contributed by atoms with E-state index in [0.29, 0.717) is 5.92 Å². The normalized spacial score (nSPS) is 11.3. The Morgan fingerprint density at radius 2 is 1.73 bits per heavy atom. The first-order chi connectivity index (χ1) is 7.19. The lowest BCUT2D eigenvalue weighted by Crippen LogP contribution is -2.23. The molecule has 1 rings (SSSR count). The second-order valence-corrected chi connectivity index (χ2v) is 6.17. The summed E-state index contributed by atoms with van der Waals surface area (Å²) < 4.78 is 10.7. The maximum Gasteiger partial charge on any atom is 0.325 e. The molecule has 0 unspecified atom stereocenters. The SMILES string of the molecule is CO[SiH](Cc1ccccc1C(C)C)OC. The van der Waals surface area contributed by atoms with Gasteiger partial charge >= 0.3 is 9.28 Å². The van der Waals surface area contributed by atoms with Crippen molar-refractivity contribution < 1.29 is 8.85 Å². The van der Waals surface area contributed by atoms with Crippen LogP contribution in [0.4, 0.5) is 0 Å². The molecule has 15 heavy (non-hydrogen) atoms. The molecule has 0 amide bonds. The Morgan fingerprint density at radius 3 is 2.27 bits per heavy atom. The van der Waals surface area contributed by atoms with Crippen molar-refractivity contribution in [2.24, 2.45) is 0 Å². The Balaban J connectivity index is 2.83. The van der Waals surface area contributed by atoms with E-state index in [9.17, 15) is 0 Å². The van der Waals surface area contributed by atoms with Crippen LogP contribution >= 0.6 is 0 Å². The van der Waals surface area contributed by atoms with Crippen LogP contribution in [0, 0.1) is 0 Å². The molecule has 0 heterocycles. The molecule has 1 aromatic carbocycles. The molecule has 0 aromatic heterocycles. The van der Waals surface area contributed by atoms with E-state index in [4.69, 9.17) is 8.85 Å². The van der Waals surface area contributed by atoms with Crippen LogP contribution in [0.3, 0.4) is 0 Å². The zero-order valence-electron chi connectivity index (χ0n) is 9.99. The average Bonchev–Trinajstić information content (AvgIpc) is 2.26. The van der Waals surface area contributed by atoms with Crippen LogP contribution in [0.15, 0.2) is 24.3 Å². The summed E-state index contributed by atoms with van der Waals surface area (Å²) in [6.07, 6.45) is 0. The first-order valence-corrected chi connectivity index (χ1v) is 7.08. The smallest absolute Gasteiger partial charge is 0.325 e. The third-order valence-electron chi connectivity index (χ3n) is 2.59. The largest absolute Gasteiger partial charge is 0.400 e. The molecule has 0 radical (unpaired) electrons. The molecular weight excluding hydrogens is 204 g/mol. The molecule has 0 bridgehead atoms. The van der Waals surface area contributed by atoms with Crippen molar-refractivity contribution in [2.75, 3.05) is 14.2 Å². The number of rotatable bonds is 5. The van der Waals surface area contributed by atoms with Crippen molar-refractivity contribution in [2.45, 2.75) is 25.8 Å². The highest BCUT2D eigenvalue weighted by atomic mass is 28.3. The third-order valence-corrected chi connectivity index (χ3v) is 4.41. The molecule has 3 heteroatoms. The molecule has 0 atom stereocenters. The minimum atomic E-state index is -1.49. The monoisotopic (exact) mass is 224 g/mol. The van der Waals surface area contributed by atoms with Gasteiger partial charge in [0.25, 0.3) is 0 Å². The predicted octanol–water partition coefficient (Wildman–Crippen LogP) is 2.41. The van der Waals surface area contributed by atoms with Crippen LogP contribution in [0.2, 0.25) is 0 Å². The van der Waals surface area contributed by atoms with Gasteiger partial charge in [0.1, 0.15) is 0 Å². The standard InChI is InChI=1S/C12H20O2Si/c1-10(2)12-8-6-5-7-11(12)9-15(13-3)14-4/h5-8,10,15H,9H2,1-4H3. The van der Waals surface area contributed by atoms with E-state index in [0.717, 1.165) is 6.04 Å². The summed E-state index contributed by atoms with van der Waals surface area (Å²) in [4.78, 5) is 0. The van der Waals surface area contributed by atoms with E-state index < -0.39 is 9.28 Å². The van der Waals surface area contributed by atoms with E-state index in [2.05, 4.69) is 38.1 Å². The van der Waals surface area contributed by atoms with Gasteiger partial charge in [-0.15, -0.1) is 0 Å². The maximum atomic E-state index is 5.35. The van der Waals surface area contributed by atoms with Crippen LogP contribution in [0.1, 0.15) is 30.9 Å². The number of hydrogen-bond acceptors (Lipinski definition) is 2. The fourth-order valence-electron chi connectivity index (χ4n) is 1.73. The van der Waals surface area contributed by atoms with Gasteiger partial charge in [-0.05, 0) is 17.0 Å². The second kappa shape index (κ2) is 6.05. The summed E-state index contributed by atoms with van der Waals surface area (Å²) in [5, 5.41) is 0. The van der Waals surface area contributed by atoms with Crippen LogP contribution in [0.5, 0.6) is 0 Å². The molecule has 0 N–H and O–H groups in total. The van der Waals surface area contributed by atoms with Crippen molar-refractivity contribution in [1.82, 2.24) is 0 Å². The van der Waals surface area contributed by atoms with Gasteiger partial charge in [-0.25, -0.2) is 0 Å². The van der Waals surface area contributed by atoms with Crippen LogP contribution in [0.25, 0.3) is 0 Å².